The largest absolute Gasteiger partial charge is 0.452 e. The van der Waals surface area contributed by atoms with Crippen LogP contribution in [-0.2, 0) is 14.3 Å². The maximum Gasteiger partial charge on any atom is 0.309 e. The Bertz CT molecular complexity index is 530. The summed E-state index contributed by atoms with van der Waals surface area (Å²) in [4.78, 5) is 34.3. The standard InChI is InChI=1S/C14H16FNO4/c1-8(14(19)20-9(2)13(16)18)7-12(17)10-5-3-4-6-11(10)15/h3-6,8-9H,7H2,1-2H3,(H2,16,18)/t8-,9+/m0/s1. The summed E-state index contributed by atoms with van der Waals surface area (Å²) in [6.07, 6.45) is -1.26. The first kappa shape index (κ1) is 15.8. The molecule has 0 heterocycles. The number of nitrogens with two attached hydrogens (primary N) is 1. The van der Waals surface area contributed by atoms with Crippen LogP contribution < -0.4 is 5.73 Å². The van der Waals surface area contributed by atoms with Gasteiger partial charge in [0.05, 0.1) is 11.5 Å². The molecule has 0 bridgehead atoms. The smallest absolute Gasteiger partial charge is 0.309 e. The van der Waals surface area contributed by atoms with Gasteiger partial charge in [-0.3, -0.25) is 14.4 Å². The fraction of sp³-hybridized carbons (Fsp3) is 0.357. The molecule has 0 saturated carbocycles. The van der Waals surface area contributed by atoms with Crippen LogP contribution in [0.5, 0.6) is 0 Å². The Morgan fingerprint density at radius 3 is 2.40 bits per heavy atom. The lowest BCUT2D eigenvalue weighted by Crippen LogP contribution is -2.32. The molecule has 1 amide bonds. The second kappa shape index (κ2) is 6.79. The van der Waals surface area contributed by atoms with Gasteiger partial charge in [-0.1, -0.05) is 19.1 Å². The van der Waals surface area contributed by atoms with Gasteiger partial charge in [0.1, 0.15) is 5.82 Å². The average molecular weight is 281 g/mol. The van der Waals surface area contributed by atoms with Crippen LogP contribution in [0.25, 0.3) is 0 Å². The number of Topliss-reactive ketones (excluding diaryl/α,β-unsaturated/α-hetero) is 1. The molecule has 5 nitrogen and oxygen atoms in total. The second-order valence-electron chi connectivity index (χ2n) is 4.49. The summed E-state index contributed by atoms with van der Waals surface area (Å²) in [6.45, 7) is 2.81. The van der Waals surface area contributed by atoms with Gasteiger partial charge in [-0.15, -0.1) is 0 Å². The van der Waals surface area contributed by atoms with Crippen molar-refractivity contribution in [2.24, 2.45) is 11.7 Å². The number of ketones is 1. The van der Waals surface area contributed by atoms with Crippen molar-refractivity contribution in [3.63, 3.8) is 0 Å². The third-order valence-electron chi connectivity index (χ3n) is 2.76. The number of benzene rings is 1. The van der Waals surface area contributed by atoms with Crippen LogP contribution in [0, 0.1) is 11.7 Å². The van der Waals surface area contributed by atoms with Gasteiger partial charge in [-0.05, 0) is 19.1 Å². The zero-order valence-electron chi connectivity index (χ0n) is 11.3. The summed E-state index contributed by atoms with van der Waals surface area (Å²) in [6, 6.07) is 5.53. The van der Waals surface area contributed by atoms with Crippen LogP contribution in [0.15, 0.2) is 24.3 Å². The van der Waals surface area contributed by atoms with Crippen molar-refractivity contribution in [3.05, 3.63) is 35.6 Å². The number of primary amides is 1. The van der Waals surface area contributed by atoms with E-state index in [0.29, 0.717) is 0 Å². The van der Waals surface area contributed by atoms with Crippen LogP contribution in [0.3, 0.4) is 0 Å². The predicted octanol–water partition coefficient (Wildman–Crippen LogP) is 1.45. The minimum Gasteiger partial charge on any atom is -0.452 e. The first-order valence-corrected chi connectivity index (χ1v) is 6.10. The zero-order valence-corrected chi connectivity index (χ0v) is 11.3. The first-order valence-electron chi connectivity index (χ1n) is 6.10. The quantitative estimate of drug-likeness (QED) is 0.631. The van der Waals surface area contributed by atoms with E-state index < -0.39 is 35.5 Å². The third-order valence-corrected chi connectivity index (χ3v) is 2.76. The van der Waals surface area contributed by atoms with Gasteiger partial charge in [0, 0.05) is 6.42 Å². The van der Waals surface area contributed by atoms with Crippen LogP contribution in [0.2, 0.25) is 0 Å². The molecule has 0 spiro atoms. The molecule has 0 saturated heterocycles. The van der Waals surface area contributed by atoms with Crippen LogP contribution >= 0.6 is 0 Å². The Labute approximate surface area is 115 Å². The number of halogens is 1. The summed E-state index contributed by atoms with van der Waals surface area (Å²) >= 11 is 0. The van der Waals surface area contributed by atoms with E-state index in [1.807, 2.05) is 0 Å². The molecule has 1 aromatic rings. The topological polar surface area (TPSA) is 86.5 Å². The van der Waals surface area contributed by atoms with Gasteiger partial charge in [-0.25, -0.2) is 4.39 Å². The number of hydrogen-bond acceptors (Lipinski definition) is 4. The SMILES string of the molecule is C[C@@H](CC(=O)c1ccccc1F)C(=O)O[C@H](C)C(N)=O. The van der Waals surface area contributed by atoms with Crippen molar-refractivity contribution < 1.29 is 23.5 Å². The Kier molecular flexibility index (Phi) is 5.37. The molecule has 0 fully saturated rings. The lowest BCUT2D eigenvalue weighted by Gasteiger charge is -2.14. The number of ether oxygens (including phenoxy) is 1. The fourth-order valence-electron chi connectivity index (χ4n) is 1.51. The van der Waals surface area contributed by atoms with E-state index in [9.17, 15) is 18.8 Å². The molecule has 6 heteroatoms. The summed E-state index contributed by atoms with van der Waals surface area (Å²) < 4.78 is 18.2. The number of esters is 1. The molecule has 0 aliphatic carbocycles. The highest BCUT2D eigenvalue weighted by Crippen LogP contribution is 2.14. The second-order valence-corrected chi connectivity index (χ2v) is 4.49. The Morgan fingerprint density at radius 2 is 1.85 bits per heavy atom. The van der Waals surface area contributed by atoms with E-state index in [-0.39, 0.29) is 12.0 Å². The number of amides is 1. The molecule has 0 radical (unpaired) electrons. The van der Waals surface area contributed by atoms with Gasteiger partial charge in [0.15, 0.2) is 11.9 Å². The van der Waals surface area contributed by atoms with Crippen LogP contribution in [0.4, 0.5) is 4.39 Å². The molecule has 0 unspecified atom stereocenters. The highest BCUT2D eigenvalue weighted by molar-refractivity contribution is 5.98. The molecule has 1 aromatic carbocycles. The van der Waals surface area contributed by atoms with E-state index in [0.717, 1.165) is 0 Å². The van der Waals surface area contributed by atoms with Crippen molar-refractivity contribution in [1.29, 1.82) is 0 Å². The number of carbonyl (C=O) groups is 3. The summed E-state index contributed by atoms with van der Waals surface area (Å²) in [7, 11) is 0. The van der Waals surface area contributed by atoms with Gasteiger partial charge in [-0.2, -0.15) is 0 Å². The zero-order chi connectivity index (χ0) is 15.3. The van der Waals surface area contributed by atoms with Crippen LogP contribution in [0.1, 0.15) is 30.6 Å². The van der Waals surface area contributed by atoms with Crippen molar-refractivity contribution >= 4 is 17.7 Å². The summed E-state index contributed by atoms with van der Waals surface area (Å²) in [5, 5.41) is 0. The number of hydrogen-bond donors (Lipinski definition) is 1. The first-order chi connectivity index (χ1) is 9.32. The lowest BCUT2D eigenvalue weighted by molar-refractivity contribution is -0.157. The van der Waals surface area contributed by atoms with Gasteiger partial charge in [0.25, 0.3) is 5.91 Å². The molecular weight excluding hydrogens is 265 g/mol. The van der Waals surface area contributed by atoms with E-state index >= 15 is 0 Å². The lowest BCUT2D eigenvalue weighted by atomic mass is 9.99. The van der Waals surface area contributed by atoms with Crippen molar-refractivity contribution in [3.8, 4) is 0 Å². The van der Waals surface area contributed by atoms with Crippen molar-refractivity contribution in [1.82, 2.24) is 0 Å². The van der Waals surface area contributed by atoms with Gasteiger partial charge >= 0.3 is 5.97 Å². The van der Waals surface area contributed by atoms with E-state index in [4.69, 9.17) is 10.5 Å². The van der Waals surface area contributed by atoms with Crippen molar-refractivity contribution in [2.45, 2.75) is 26.4 Å². The maximum absolute atomic E-state index is 13.4. The monoisotopic (exact) mass is 281 g/mol. The predicted molar refractivity (Wildman–Crippen MR) is 69.3 cm³/mol. The van der Waals surface area contributed by atoms with Gasteiger partial charge < -0.3 is 10.5 Å². The number of carbonyl (C=O) groups excluding carboxylic acids is 3. The number of rotatable bonds is 6. The third kappa shape index (κ3) is 4.15. The van der Waals surface area contributed by atoms with E-state index in [2.05, 4.69) is 0 Å². The molecule has 2 atom stereocenters. The highest BCUT2D eigenvalue weighted by Gasteiger charge is 2.23. The Balaban J connectivity index is 2.64. The van der Waals surface area contributed by atoms with E-state index in [1.165, 1.54) is 38.1 Å². The molecular formula is C14H16FNO4. The van der Waals surface area contributed by atoms with Gasteiger partial charge in [0.2, 0.25) is 0 Å². The van der Waals surface area contributed by atoms with E-state index in [1.54, 1.807) is 0 Å². The fourth-order valence-corrected chi connectivity index (χ4v) is 1.51. The Morgan fingerprint density at radius 1 is 1.25 bits per heavy atom. The summed E-state index contributed by atoms with van der Waals surface area (Å²) in [5.41, 5.74) is 4.89. The molecule has 0 aromatic heterocycles. The summed E-state index contributed by atoms with van der Waals surface area (Å²) in [5.74, 6) is -3.42. The average Bonchev–Trinajstić information content (AvgIpc) is 2.38. The highest BCUT2D eigenvalue weighted by atomic mass is 19.1. The maximum atomic E-state index is 13.4. The molecule has 20 heavy (non-hydrogen) atoms. The van der Waals surface area contributed by atoms with Crippen LogP contribution in [-0.4, -0.2) is 23.8 Å². The minimum absolute atomic E-state index is 0.0740. The Hall–Kier alpha value is -2.24. The normalized spacial score (nSPS) is 13.3. The molecule has 108 valence electrons. The molecule has 0 aliphatic rings. The minimum atomic E-state index is -1.06. The molecule has 2 N–H and O–H groups in total. The van der Waals surface area contributed by atoms with Crippen molar-refractivity contribution in [2.75, 3.05) is 0 Å². The molecule has 1 rings (SSSR count). The molecule has 0 aliphatic heterocycles.